The maximum Gasteiger partial charge on any atom is 0.340 e. The minimum atomic E-state index is -0.603. The molecule has 0 aliphatic heterocycles. The summed E-state index contributed by atoms with van der Waals surface area (Å²) in [4.78, 5) is 25.0. The van der Waals surface area contributed by atoms with Crippen LogP contribution in [0, 0.1) is 5.41 Å². The molecule has 1 aliphatic carbocycles. The van der Waals surface area contributed by atoms with Crippen molar-refractivity contribution in [3.8, 4) is 0 Å². The first-order valence-corrected chi connectivity index (χ1v) is 6.39. The quantitative estimate of drug-likeness (QED) is 0.679. The van der Waals surface area contributed by atoms with Gasteiger partial charge in [0.05, 0.1) is 5.56 Å². The molecule has 19 heavy (non-hydrogen) atoms. The average molecular weight is 256 g/mol. The molecule has 0 N–H and O–H groups in total. The van der Waals surface area contributed by atoms with Gasteiger partial charge in [-0.25, -0.2) is 4.79 Å². The molecule has 0 radical (unpaired) electrons. The van der Waals surface area contributed by atoms with Crippen molar-refractivity contribution in [1.82, 2.24) is 0 Å². The van der Waals surface area contributed by atoms with Crippen molar-refractivity contribution >= 4 is 16.8 Å². The van der Waals surface area contributed by atoms with Crippen molar-refractivity contribution in [3.05, 3.63) is 45.8 Å². The number of benzene rings is 1. The van der Waals surface area contributed by atoms with Crippen LogP contribution in [0.25, 0.3) is 11.0 Å². The molecular formula is C16H16O3. The van der Waals surface area contributed by atoms with Crippen molar-refractivity contribution in [3.63, 3.8) is 0 Å². The maximum atomic E-state index is 12.7. The minimum Gasteiger partial charge on any atom is -0.422 e. The van der Waals surface area contributed by atoms with E-state index in [-0.39, 0.29) is 5.78 Å². The fourth-order valence-electron chi connectivity index (χ4n) is 2.86. The molecule has 0 unspecified atom stereocenters. The van der Waals surface area contributed by atoms with Gasteiger partial charge >= 0.3 is 5.63 Å². The Labute approximate surface area is 111 Å². The summed E-state index contributed by atoms with van der Waals surface area (Å²) < 4.78 is 5.37. The summed E-state index contributed by atoms with van der Waals surface area (Å²) in [7, 11) is 0. The molecule has 2 aromatic rings. The second-order valence-corrected chi connectivity index (χ2v) is 6.21. The molecular weight excluding hydrogens is 240 g/mol. The Hall–Kier alpha value is -1.90. The van der Waals surface area contributed by atoms with Gasteiger partial charge in [-0.05, 0) is 6.07 Å². The Kier molecular flexibility index (Phi) is 2.14. The molecule has 0 spiro atoms. The van der Waals surface area contributed by atoms with Crippen molar-refractivity contribution in [2.45, 2.75) is 33.1 Å². The molecule has 1 aliphatic rings. The highest BCUT2D eigenvalue weighted by Crippen LogP contribution is 2.51. The van der Waals surface area contributed by atoms with E-state index in [2.05, 4.69) is 0 Å². The van der Waals surface area contributed by atoms with Crippen LogP contribution in [-0.2, 0) is 5.41 Å². The number of carbonyl (C=O) groups excluding carboxylic acids is 1. The van der Waals surface area contributed by atoms with Gasteiger partial charge in [0.2, 0.25) is 0 Å². The summed E-state index contributed by atoms with van der Waals surface area (Å²) in [5, 5.41) is 0.737. The van der Waals surface area contributed by atoms with Crippen LogP contribution in [0.2, 0.25) is 0 Å². The van der Waals surface area contributed by atoms with E-state index < -0.39 is 16.5 Å². The Morgan fingerprint density at radius 3 is 2.26 bits per heavy atom. The van der Waals surface area contributed by atoms with Gasteiger partial charge in [-0.1, -0.05) is 45.9 Å². The third-order valence-corrected chi connectivity index (χ3v) is 4.80. The third kappa shape index (κ3) is 1.28. The molecule has 3 heteroatoms. The number of fused-ring (bicyclic) bond motifs is 3. The normalized spacial score (nSPS) is 19.7. The number of ketones is 1. The molecule has 3 nitrogen and oxygen atoms in total. The smallest absolute Gasteiger partial charge is 0.340 e. The van der Waals surface area contributed by atoms with Crippen LogP contribution in [0.1, 0.15) is 43.6 Å². The third-order valence-electron chi connectivity index (χ3n) is 4.80. The van der Waals surface area contributed by atoms with E-state index >= 15 is 0 Å². The second kappa shape index (κ2) is 3.35. The predicted molar refractivity (Wildman–Crippen MR) is 73.6 cm³/mol. The van der Waals surface area contributed by atoms with Crippen molar-refractivity contribution < 1.29 is 9.21 Å². The first-order valence-electron chi connectivity index (χ1n) is 6.39. The van der Waals surface area contributed by atoms with Gasteiger partial charge in [0.25, 0.3) is 0 Å². The standard InChI is InChI=1S/C16H16O3/c1-15(2)12-11(13(17)16(15,3)4)9-7-5-6-8-10(9)19-14(12)18/h5-8H,1-4H3. The lowest BCUT2D eigenvalue weighted by atomic mass is 9.68. The van der Waals surface area contributed by atoms with Crippen LogP contribution >= 0.6 is 0 Å². The van der Waals surface area contributed by atoms with Gasteiger partial charge in [-0.2, -0.15) is 0 Å². The molecule has 0 bridgehead atoms. The summed E-state index contributed by atoms with van der Waals surface area (Å²) in [5.74, 6) is 0.0246. The van der Waals surface area contributed by atoms with Crippen molar-refractivity contribution in [1.29, 1.82) is 0 Å². The number of carbonyl (C=O) groups is 1. The molecule has 1 aromatic heterocycles. The first-order chi connectivity index (χ1) is 8.78. The topological polar surface area (TPSA) is 47.3 Å². The first kappa shape index (κ1) is 12.2. The molecule has 0 saturated carbocycles. The van der Waals surface area contributed by atoms with Gasteiger partial charge in [-0.15, -0.1) is 0 Å². The highest BCUT2D eigenvalue weighted by Gasteiger charge is 2.54. The van der Waals surface area contributed by atoms with Crippen molar-refractivity contribution in [2.75, 3.05) is 0 Å². The summed E-state index contributed by atoms with van der Waals surface area (Å²) in [6.45, 7) is 7.65. The van der Waals surface area contributed by atoms with Gasteiger partial charge in [0, 0.05) is 21.8 Å². The molecule has 1 heterocycles. The second-order valence-electron chi connectivity index (χ2n) is 6.21. The summed E-state index contributed by atoms with van der Waals surface area (Å²) in [6, 6.07) is 7.22. The lowest BCUT2D eigenvalue weighted by Gasteiger charge is -2.32. The molecule has 0 fully saturated rings. The Bertz CT molecular complexity index is 763. The monoisotopic (exact) mass is 256 g/mol. The van der Waals surface area contributed by atoms with Crippen LogP contribution in [-0.4, -0.2) is 5.78 Å². The molecule has 0 saturated heterocycles. The Morgan fingerprint density at radius 1 is 0.947 bits per heavy atom. The van der Waals surface area contributed by atoms with Crippen LogP contribution in [0.3, 0.4) is 0 Å². The Balaban J connectivity index is 2.56. The van der Waals surface area contributed by atoms with E-state index in [0.29, 0.717) is 16.7 Å². The average Bonchev–Trinajstić information content (AvgIpc) is 2.48. The zero-order chi connectivity index (χ0) is 14.0. The van der Waals surface area contributed by atoms with Gasteiger partial charge in [0.15, 0.2) is 5.78 Å². The molecule has 98 valence electrons. The van der Waals surface area contributed by atoms with E-state index in [4.69, 9.17) is 4.42 Å². The van der Waals surface area contributed by atoms with Gasteiger partial charge < -0.3 is 4.42 Å². The van der Waals surface area contributed by atoms with Crippen LogP contribution in [0.5, 0.6) is 0 Å². The fourth-order valence-corrected chi connectivity index (χ4v) is 2.86. The maximum absolute atomic E-state index is 12.7. The lowest BCUT2D eigenvalue weighted by molar-refractivity contribution is 0.0779. The van der Waals surface area contributed by atoms with Crippen LogP contribution in [0.4, 0.5) is 0 Å². The number of hydrogen-bond acceptors (Lipinski definition) is 3. The fraction of sp³-hybridized carbons (Fsp3) is 0.375. The van der Waals surface area contributed by atoms with Gasteiger partial charge in [0.1, 0.15) is 5.58 Å². The number of para-hydroxylation sites is 1. The van der Waals surface area contributed by atoms with E-state index in [1.54, 1.807) is 12.1 Å². The van der Waals surface area contributed by atoms with Crippen LogP contribution < -0.4 is 5.63 Å². The van der Waals surface area contributed by atoms with E-state index in [1.807, 2.05) is 39.8 Å². The molecule has 3 rings (SSSR count). The molecule has 1 aromatic carbocycles. The van der Waals surface area contributed by atoms with Crippen LogP contribution in [0.15, 0.2) is 33.5 Å². The molecule has 0 amide bonds. The number of Topliss-reactive ketones (excluding diaryl/α,β-unsaturated/α-hetero) is 1. The van der Waals surface area contributed by atoms with E-state index in [1.165, 1.54) is 0 Å². The largest absolute Gasteiger partial charge is 0.422 e. The SMILES string of the molecule is CC1(C)C(=O)c2c(c(=O)oc3ccccc23)C1(C)C. The zero-order valence-electron chi connectivity index (χ0n) is 11.5. The van der Waals surface area contributed by atoms with Gasteiger partial charge in [-0.3, -0.25) is 4.79 Å². The lowest BCUT2D eigenvalue weighted by Crippen LogP contribution is -2.37. The highest BCUT2D eigenvalue weighted by atomic mass is 16.4. The highest BCUT2D eigenvalue weighted by molar-refractivity contribution is 6.14. The van der Waals surface area contributed by atoms with E-state index in [9.17, 15) is 9.59 Å². The van der Waals surface area contributed by atoms with E-state index in [0.717, 1.165) is 5.39 Å². The zero-order valence-corrected chi connectivity index (χ0v) is 11.5. The predicted octanol–water partition coefficient (Wildman–Crippen LogP) is 3.29. The minimum absolute atomic E-state index is 0.0246. The molecule has 0 atom stereocenters. The Morgan fingerprint density at radius 2 is 1.58 bits per heavy atom. The number of rotatable bonds is 0. The number of hydrogen-bond donors (Lipinski definition) is 0. The van der Waals surface area contributed by atoms with Crippen molar-refractivity contribution in [2.24, 2.45) is 5.41 Å². The summed E-state index contributed by atoms with van der Waals surface area (Å²) >= 11 is 0. The summed E-state index contributed by atoms with van der Waals surface area (Å²) in [6.07, 6.45) is 0. The summed E-state index contributed by atoms with van der Waals surface area (Å²) in [5.41, 5.74) is 0.0202.